The van der Waals surface area contributed by atoms with E-state index < -0.39 is 17.9 Å². The molecule has 2 N–H and O–H groups in total. The maximum Gasteiger partial charge on any atom is 0.321 e. The summed E-state index contributed by atoms with van der Waals surface area (Å²) in [5.41, 5.74) is 0. The van der Waals surface area contributed by atoms with Crippen LogP contribution in [0.25, 0.3) is 0 Å². The van der Waals surface area contributed by atoms with Gasteiger partial charge in [-0.05, 0) is 13.0 Å². The lowest BCUT2D eigenvalue weighted by Gasteiger charge is -2.19. The summed E-state index contributed by atoms with van der Waals surface area (Å²) in [4.78, 5) is 35.8. The number of nitrogens with zero attached hydrogens (tertiary/aromatic N) is 1. The number of urea groups is 1. The Hall–Kier alpha value is -1.67. The molecule has 0 bridgehead atoms. The number of hydrogen-bond donors (Lipinski definition) is 2. The number of imide groups is 1. The zero-order chi connectivity index (χ0) is 15.4. The average molecular weight is 289 g/mol. The van der Waals surface area contributed by atoms with Crippen molar-refractivity contribution in [2.24, 2.45) is 0 Å². The third-order valence-corrected chi connectivity index (χ3v) is 2.33. The molecule has 0 aromatic rings. The monoisotopic (exact) mass is 289 g/mol. The predicted octanol–water partition coefficient (Wildman–Crippen LogP) is -0.656. The van der Waals surface area contributed by atoms with Crippen molar-refractivity contribution in [3.63, 3.8) is 0 Å². The number of esters is 1. The first kappa shape index (κ1) is 18.3. The second-order valence-electron chi connectivity index (χ2n) is 4.08. The largest absolute Gasteiger partial charge is 0.468 e. The number of rotatable bonds is 9. The van der Waals surface area contributed by atoms with Gasteiger partial charge in [0.1, 0.15) is 0 Å². The van der Waals surface area contributed by atoms with Crippen LogP contribution in [0.2, 0.25) is 0 Å². The van der Waals surface area contributed by atoms with Crippen molar-refractivity contribution in [3.05, 3.63) is 0 Å². The zero-order valence-corrected chi connectivity index (χ0v) is 12.2. The number of ether oxygens (including phenoxy) is 2. The molecule has 0 aromatic carbocycles. The number of nitrogens with one attached hydrogen (secondary N) is 2. The summed E-state index contributed by atoms with van der Waals surface area (Å²) in [7, 11) is 2.80. The van der Waals surface area contributed by atoms with Gasteiger partial charge in [-0.1, -0.05) is 6.92 Å². The highest BCUT2D eigenvalue weighted by molar-refractivity contribution is 5.95. The first-order valence-corrected chi connectivity index (χ1v) is 6.39. The van der Waals surface area contributed by atoms with Crippen LogP contribution in [0, 0.1) is 0 Å². The van der Waals surface area contributed by atoms with Crippen LogP contribution in [0.5, 0.6) is 0 Å². The van der Waals surface area contributed by atoms with Crippen LogP contribution in [0.15, 0.2) is 0 Å². The molecule has 20 heavy (non-hydrogen) atoms. The van der Waals surface area contributed by atoms with Crippen LogP contribution in [-0.2, 0) is 19.1 Å². The third-order valence-electron chi connectivity index (χ3n) is 2.33. The number of carbonyl (C=O) groups is 3. The summed E-state index contributed by atoms with van der Waals surface area (Å²) in [6.07, 6.45) is 0.782. The maximum absolute atomic E-state index is 11.6. The van der Waals surface area contributed by atoms with Crippen LogP contribution in [-0.4, -0.2) is 69.8 Å². The first-order valence-electron chi connectivity index (χ1n) is 6.39. The van der Waals surface area contributed by atoms with Crippen molar-refractivity contribution in [1.82, 2.24) is 15.5 Å². The molecule has 0 unspecified atom stereocenters. The van der Waals surface area contributed by atoms with E-state index in [0.29, 0.717) is 19.7 Å². The van der Waals surface area contributed by atoms with Gasteiger partial charge in [-0.25, -0.2) is 4.79 Å². The molecule has 8 heteroatoms. The van der Waals surface area contributed by atoms with Crippen LogP contribution in [0.3, 0.4) is 0 Å². The van der Waals surface area contributed by atoms with E-state index in [1.165, 1.54) is 14.2 Å². The van der Waals surface area contributed by atoms with Crippen molar-refractivity contribution >= 4 is 17.9 Å². The van der Waals surface area contributed by atoms with Crippen molar-refractivity contribution in [2.45, 2.75) is 13.3 Å². The van der Waals surface area contributed by atoms with Gasteiger partial charge < -0.3 is 14.8 Å². The topological polar surface area (TPSA) is 97.0 Å². The quantitative estimate of drug-likeness (QED) is 0.432. The molecule has 0 saturated carbocycles. The summed E-state index contributed by atoms with van der Waals surface area (Å²) in [6.45, 7) is 3.15. The van der Waals surface area contributed by atoms with E-state index in [4.69, 9.17) is 4.74 Å². The minimum Gasteiger partial charge on any atom is -0.468 e. The van der Waals surface area contributed by atoms with Gasteiger partial charge >= 0.3 is 12.0 Å². The molecule has 0 spiro atoms. The molecule has 0 rings (SSSR count). The van der Waals surface area contributed by atoms with E-state index in [0.717, 1.165) is 6.42 Å². The number of carbonyl (C=O) groups excluding carboxylic acids is 3. The molecule has 8 nitrogen and oxygen atoms in total. The molecule has 0 saturated heterocycles. The van der Waals surface area contributed by atoms with E-state index >= 15 is 0 Å². The maximum atomic E-state index is 11.6. The molecular formula is C12H23N3O5. The van der Waals surface area contributed by atoms with Gasteiger partial charge in [-0.2, -0.15) is 0 Å². The SMILES string of the molecule is CCCN(CC(=O)NC(=O)NCCOC)CC(=O)OC. The predicted molar refractivity (Wildman–Crippen MR) is 72.2 cm³/mol. The Morgan fingerprint density at radius 3 is 2.40 bits per heavy atom. The second-order valence-corrected chi connectivity index (χ2v) is 4.08. The second kappa shape index (κ2) is 11.2. The van der Waals surface area contributed by atoms with Gasteiger partial charge in [-0.3, -0.25) is 19.8 Å². The fourth-order valence-corrected chi connectivity index (χ4v) is 1.46. The lowest BCUT2D eigenvalue weighted by molar-refractivity contribution is -0.142. The fraction of sp³-hybridized carbons (Fsp3) is 0.750. The van der Waals surface area contributed by atoms with Crippen LogP contribution >= 0.6 is 0 Å². The fourth-order valence-electron chi connectivity index (χ4n) is 1.46. The molecular weight excluding hydrogens is 266 g/mol. The van der Waals surface area contributed by atoms with E-state index in [2.05, 4.69) is 15.4 Å². The lowest BCUT2D eigenvalue weighted by Crippen LogP contribution is -2.46. The molecule has 116 valence electrons. The minimum absolute atomic E-state index is 0.0169. The lowest BCUT2D eigenvalue weighted by atomic mass is 10.4. The van der Waals surface area contributed by atoms with Gasteiger partial charge in [0.15, 0.2) is 0 Å². The zero-order valence-electron chi connectivity index (χ0n) is 12.2. The molecule has 0 fully saturated rings. The van der Waals surface area contributed by atoms with Crippen LogP contribution < -0.4 is 10.6 Å². The number of hydrogen-bond acceptors (Lipinski definition) is 6. The van der Waals surface area contributed by atoms with Gasteiger partial charge in [0.05, 0.1) is 26.8 Å². The normalized spacial score (nSPS) is 10.2. The van der Waals surface area contributed by atoms with Gasteiger partial charge in [0.25, 0.3) is 0 Å². The van der Waals surface area contributed by atoms with Crippen LogP contribution in [0.1, 0.15) is 13.3 Å². The summed E-state index contributed by atoms with van der Waals surface area (Å²) >= 11 is 0. The molecule has 0 aliphatic carbocycles. The van der Waals surface area contributed by atoms with E-state index in [9.17, 15) is 14.4 Å². The highest BCUT2D eigenvalue weighted by Crippen LogP contribution is 1.92. The third kappa shape index (κ3) is 9.29. The van der Waals surface area contributed by atoms with E-state index in [1.807, 2.05) is 6.92 Å². The molecule has 3 amide bonds. The minimum atomic E-state index is -0.582. The summed E-state index contributed by atoms with van der Waals surface area (Å²) in [6, 6.07) is -0.582. The molecule has 0 aromatic heterocycles. The Labute approximate surface area is 118 Å². The molecule has 0 heterocycles. The Balaban J connectivity index is 4.11. The summed E-state index contributed by atoms with van der Waals surface area (Å²) in [5, 5.41) is 4.65. The summed E-state index contributed by atoms with van der Waals surface area (Å²) in [5.74, 6) is -0.895. The first-order chi connectivity index (χ1) is 9.53. The number of methoxy groups -OCH3 is 2. The Bertz CT molecular complexity index is 322. The highest BCUT2D eigenvalue weighted by atomic mass is 16.5. The van der Waals surface area contributed by atoms with Gasteiger partial charge in [-0.15, -0.1) is 0 Å². The van der Waals surface area contributed by atoms with Crippen molar-refractivity contribution < 1.29 is 23.9 Å². The Kier molecular flexibility index (Phi) is 10.2. The van der Waals surface area contributed by atoms with Gasteiger partial charge in [0.2, 0.25) is 5.91 Å². The van der Waals surface area contributed by atoms with Crippen LogP contribution in [0.4, 0.5) is 4.79 Å². The standard InChI is InChI=1S/C12H23N3O5/c1-4-6-15(9-11(17)20-3)8-10(16)14-12(18)13-5-7-19-2/h4-9H2,1-3H3,(H2,13,14,16,18). The summed E-state index contributed by atoms with van der Waals surface area (Å²) < 4.78 is 9.31. The van der Waals surface area contributed by atoms with E-state index in [-0.39, 0.29) is 13.1 Å². The smallest absolute Gasteiger partial charge is 0.321 e. The van der Waals surface area contributed by atoms with Crippen molar-refractivity contribution in [2.75, 3.05) is 47.0 Å². The Morgan fingerprint density at radius 2 is 1.85 bits per heavy atom. The van der Waals surface area contributed by atoms with Crippen molar-refractivity contribution in [3.8, 4) is 0 Å². The molecule has 0 aliphatic heterocycles. The Morgan fingerprint density at radius 1 is 1.15 bits per heavy atom. The van der Waals surface area contributed by atoms with Crippen molar-refractivity contribution in [1.29, 1.82) is 0 Å². The van der Waals surface area contributed by atoms with E-state index in [1.54, 1.807) is 4.90 Å². The molecule has 0 radical (unpaired) electrons. The highest BCUT2D eigenvalue weighted by Gasteiger charge is 2.15. The van der Waals surface area contributed by atoms with Gasteiger partial charge in [0, 0.05) is 13.7 Å². The average Bonchev–Trinajstić information content (AvgIpc) is 2.38. The molecule has 0 atom stereocenters. The molecule has 0 aliphatic rings. The number of amides is 3.